The van der Waals surface area contributed by atoms with Gasteiger partial charge in [0.1, 0.15) is 0 Å². The molecule has 0 saturated heterocycles. The Morgan fingerprint density at radius 1 is 1.38 bits per heavy atom. The summed E-state index contributed by atoms with van der Waals surface area (Å²) in [6.45, 7) is 0.232. The summed E-state index contributed by atoms with van der Waals surface area (Å²) in [6.07, 6.45) is 0.254. The smallest absolute Gasteiger partial charge is 0.281 e. The molecule has 0 saturated carbocycles. The van der Waals surface area contributed by atoms with Crippen molar-refractivity contribution in [3.63, 3.8) is 0 Å². The van der Waals surface area contributed by atoms with Crippen molar-refractivity contribution in [1.29, 1.82) is 5.41 Å². The molecular formula is C6H16N4O2S. The average molecular weight is 208 g/mol. The largest absolute Gasteiger partial charge is 0.388 e. The maximum Gasteiger partial charge on any atom is 0.281 e. The van der Waals surface area contributed by atoms with E-state index in [1.807, 2.05) is 0 Å². The lowest BCUT2D eigenvalue weighted by Gasteiger charge is -2.20. The van der Waals surface area contributed by atoms with Crippen LogP contribution in [0.2, 0.25) is 0 Å². The number of hydrogen-bond acceptors (Lipinski definition) is 3. The van der Waals surface area contributed by atoms with Crippen LogP contribution in [0.15, 0.2) is 0 Å². The van der Waals surface area contributed by atoms with Crippen molar-refractivity contribution >= 4 is 16.0 Å². The first-order chi connectivity index (χ1) is 5.78. The van der Waals surface area contributed by atoms with E-state index < -0.39 is 10.2 Å². The number of nitrogens with two attached hydrogens (primary N) is 1. The van der Waals surface area contributed by atoms with E-state index in [9.17, 15) is 8.42 Å². The molecule has 0 aromatic rings. The molecule has 13 heavy (non-hydrogen) atoms. The molecule has 3 N–H and O–H groups in total. The fourth-order valence-electron chi connectivity index (χ4n) is 0.672. The van der Waals surface area contributed by atoms with Crippen LogP contribution in [0.1, 0.15) is 6.42 Å². The maximum absolute atomic E-state index is 11.4. The highest BCUT2D eigenvalue weighted by Crippen LogP contribution is 2.01. The summed E-state index contributed by atoms with van der Waals surface area (Å²) < 4.78 is 25.0. The Hall–Kier alpha value is -0.660. The Kier molecular flexibility index (Phi) is 4.31. The van der Waals surface area contributed by atoms with E-state index in [0.717, 1.165) is 8.61 Å². The molecule has 0 unspecified atom stereocenters. The van der Waals surface area contributed by atoms with Crippen molar-refractivity contribution in [2.24, 2.45) is 5.73 Å². The molecule has 0 aliphatic carbocycles. The second kappa shape index (κ2) is 4.54. The molecule has 0 heterocycles. The van der Waals surface area contributed by atoms with E-state index in [0.29, 0.717) is 0 Å². The third kappa shape index (κ3) is 3.71. The minimum absolute atomic E-state index is 0.0131. The summed E-state index contributed by atoms with van der Waals surface area (Å²) in [6, 6.07) is 0. The van der Waals surface area contributed by atoms with Crippen LogP contribution in [0.5, 0.6) is 0 Å². The minimum Gasteiger partial charge on any atom is -0.388 e. The molecule has 6 nitrogen and oxygen atoms in total. The van der Waals surface area contributed by atoms with Gasteiger partial charge in [0, 0.05) is 34.1 Å². The van der Waals surface area contributed by atoms with Crippen molar-refractivity contribution in [3.8, 4) is 0 Å². The molecule has 78 valence electrons. The lowest BCUT2D eigenvalue weighted by molar-refractivity contribution is 0.423. The van der Waals surface area contributed by atoms with Gasteiger partial charge >= 0.3 is 0 Å². The van der Waals surface area contributed by atoms with E-state index in [1.54, 1.807) is 0 Å². The highest BCUT2D eigenvalue weighted by molar-refractivity contribution is 7.86. The summed E-state index contributed by atoms with van der Waals surface area (Å²) in [5, 5.41) is 6.94. The fraction of sp³-hybridized carbons (Fsp3) is 0.833. The molecule has 0 radical (unpaired) electrons. The summed E-state index contributed by atoms with van der Waals surface area (Å²) in [5.41, 5.74) is 5.11. The Morgan fingerprint density at radius 2 is 1.85 bits per heavy atom. The molecule has 0 aromatic carbocycles. The first kappa shape index (κ1) is 12.3. The maximum atomic E-state index is 11.4. The van der Waals surface area contributed by atoms with Crippen LogP contribution in [0, 0.1) is 5.41 Å². The van der Waals surface area contributed by atoms with Crippen molar-refractivity contribution in [2.75, 3.05) is 27.7 Å². The summed E-state index contributed by atoms with van der Waals surface area (Å²) in [7, 11) is 1.01. The van der Waals surface area contributed by atoms with Crippen LogP contribution in [0.4, 0.5) is 0 Å². The third-order valence-electron chi connectivity index (χ3n) is 1.55. The van der Waals surface area contributed by atoms with E-state index in [2.05, 4.69) is 0 Å². The Labute approximate surface area is 79.0 Å². The van der Waals surface area contributed by atoms with Crippen molar-refractivity contribution in [2.45, 2.75) is 6.42 Å². The second-order valence-corrected chi connectivity index (χ2v) is 5.14. The predicted molar refractivity (Wildman–Crippen MR) is 51.8 cm³/mol. The molecule has 0 fully saturated rings. The number of nitrogens with zero attached hydrogens (tertiary/aromatic N) is 2. The summed E-state index contributed by atoms with van der Waals surface area (Å²) in [5.74, 6) is -0.0131. The second-order valence-electron chi connectivity index (χ2n) is 2.89. The first-order valence-corrected chi connectivity index (χ1v) is 5.15. The van der Waals surface area contributed by atoms with Gasteiger partial charge in [-0.15, -0.1) is 0 Å². The average Bonchev–Trinajstić information content (AvgIpc) is 1.99. The van der Waals surface area contributed by atoms with Crippen molar-refractivity contribution < 1.29 is 8.42 Å². The Bertz CT molecular complexity index is 272. The molecule has 0 aromatic heterocycles. The van der Waals surface area contributed by atoms with Crippen LogP contribution < -0.4 is 5.73 Å². The molecular weight excluding hydrogens is 192 g/mol. The molecule has 0 bridgehead atoms. The number of nitrogens with one attached hydrogen (secondary N) is 1. The highest BCUT2D eigenvalue weighted by atomic mass is 32.2. The van der Waals surface area contributed by atoms with Crippen LogP contribution in [0.25, 0.3) is 0 Å². The normalized spacial score (nSPS) is 12.4. The summed E-state index contributed by atoms with van der Waals surface area (Å²) in [4.78, 5) is 0. The van der Waals surface area contributed by atoms with Gasteiger partial charge < -0.3 is 5.73 Å². The molecule has 0 amide bonds. The van der Waals surface area contributed by atoms with Crippen molar-refractivity contribution in [3.05, 3.63) is 0 Å². The number of rotatable bonds is 5. The van der Waals surface area contributed by atoms with E-state index in [1.165, 1.54) is 21.1 Å². The van der Waals surface area contributed by atoms with Crippen molar-refractivity contribution in [1.82, 2.24) is 8.61 Å². The van der Waals surface area contributed by atoms with E-state index in [-0.39, 0.29) is 18.8 Å². The van der Waals surface area contributed by atoms with E-state index >= 15 is 0 Å². The lowest BCUT2D eigenvalue weighted by Crippen LogP contribution is -2.38. The molecule has 7 heteroatoms. The molecule has 0 atom stereocenters. The standard InChI is InChI=1S/C6H16N4O2S/c1-9(2)13(11,12)10(3)5-4-6(7)8/h4-5H2,1-3H3,(H3,7,8). The molecule has 0 spiro atoms. The fourth-order valence-corrected chi connectivity index (χ4v) is 1.55. The zero-order chi connectivity index (χ0) is 10.6. The number of hydrogen-bond donors (Lipinski definition) is 2. The zero-order valence-electron chi connectivity index (χ0n) is 8.11. The van der Waals surface area contributed by atoms with Gasteiger partial charge in [0.25, 0.3) is 10.2 Å². The molecule has 0 aliphatic rings. The number of amidine groups is 1. The lowest BCUT2D eigenvalue weighted by atomic mass is 10.4. The van der Waals surface area contributed by atoms with Gasteiger partial charge in [0.15, 0.2) is 0 Å². The van der Waals surface area contributed by atoms with E-state index in [4.69, 9.17) is 11.1 Å². The quantitative estimate of drug-likeness (QED) is 0.451. The van der Waals surface area contributed by atoms with Crippen LogP contribution >= 0.6 is 0 Å². The third-order valence-corrected chi connectivity index (χ3v) is 3.44. The van der Waals surface area contributed by atoms with Gasteiger partial charge in [0.05, 0.1) is 5.84 Å². The van der Waals surface area contributed by atoms with Gasteiger partial charge in [-0.05, 0) is 0 Å². The molecule has 0 rings (SSSR count). The summed E-state index contributed by atoms with van der Waals surface area (Å²) >= 11 is 0. The van der Waals surface area contributed by atoms with Gasteiger partial charge in [-0.25, -0.2) is 0 Å². The SMILES string of the molecule is CN(C)S(=O)(=O)N(C)CCC(=N)N. The van der Waals surface area contributed by atoms with Gasteiger partial charge in [-0.2, -0.15) is 17.0 Å². The van der Waals surface area contributed by atoms with Gasteiger partial charge in [-0.3, -0.25) is 5.41 Å². The van der Waals surface area contributed by atoms with Gasteiger partial charge in [0.2, 0.25) is 0 Å². The highest BCUT2D eigenvalue weighted by Gasteiger charge is 2.19. The van der Waals surface area contributed by atoms with Crippen LogP contribution in [0.3, 0.4) is 0 Å². The first-order valence-electron chi connectivity index (χ1n) is 3.75. The molecule has 0 aliphatic heterocycles. The topological polar surface area (TPSA) is 90.5 Å². The monoisotopic (exact) mass is 208 g/mol. The van der Waals surface area contributed by atoms with Crippen LogP contribution in [-0.4, -0.2) is 50.6 Å². The van der Waals surface area contributed by atoms with Crippen LogP contribution in [-0.2, 0) is 10.2 Å². The zero-order valence-corrected chi connectivity index (χ0v) is 8.93. The minimum atomic E-state index is -3.36. The van der Waals surface area contributed by atoms with Gasteiger partial charge in [-0.1, -0.05) is 0 Å². The predicted octanol–water partition coefficient (Wildman–Crippen LogP) is -0.949. The Balaban J connectivity index is 4.27. The Morgan fingerprint density at radius 3 is 2.15 bits per heavy atom.